The lowest BCUT2D eigenvalue weighted by molar-refractivity contribution is -0.135. The topological polar surface area (TPSA) is 176 Å². The first-order valence-corrected chi connectivity index (χ1v) is 17.6. The van der Waals surface area contributed by atoms with Crippen molar-refractivity contribution in [1.82, 2.24) is 31.1 Å². The number of carbonyl (C=O) groups is 2. The summed E-state index contributed by atoms with van der Waals surface area (Å²) >= 11 is 0. The highest BCUT2D eigenvalue weighted by Gasteiger charge is 2.56. The third kappa shape index (κ3) is 8.45. The maximum atomic E-state index is 12.6. The number of nitrogens with zero attached hydrogens (tertiary/aromatic N) is 2. The van der Waals surface area contributed by atoms with Crippen LogP contribution in [-0.4, -0.2) is 107 Å². The Kier molecular flexibility index (Phi) is 11.8. The summed E-state index contributed by atoms with van der Waals surface area (Å²) in [5.41, 5.74) is 8.48. The number of ether oxygens (including phenoxy) is 1. The summed E-state index contributed by atoms with van der Waals surface area (Å²) in [4.78, 5) is 28.6. The molecule has 264 valence electrons. The van der Waals surface area contributed by atoms with Gasteiger partial charge in [0, 0.05) is 38.9 Å². The number of aliphatic hydroxyl groups is 2. The number of carbonyl (C=O) groups excluding carboxylic acids is 2. The quantitative estimate of drug-likeness (QED) is 0.182. The molecule has 13 nitrogen and oxygen atoms in total. The number of hydrogen-bond donors (Lipinski definition) is 8. The van der Waals surface area contributed by atoms with Gasteiger partial charge in [-0.3, -0.25) is 20.7 Å². The van der Waals surface area contributed by atoms with Gasteiger partial charge in [0.1, 0.15) is 24.5 Å². The molecule has 0 radical (unpaired) electrons. The van der Waals surface area contributed by atoms with Crippen molar-refractivity contribution in [1.29, 1.82) is 0 Å². The first kappa shape index (κ1) is 35.9. The number of urea groups is 1. The Balaban J connectivity index is 1.11. The summed E-state index contributed by atoms with van der Waals surface area (Å²) in [7, 11) is 0. The second-order valence-electron chi connectivity index (χ2n) is 14.9. The van der Waals surface area contributed by atoms with Gasteiger partial charge >= 0.3 is 6.03 Å². The van der Waals surface area contributed by atoms with Crippen molar-refractivity contribution in [2.45, 2.75) is 127 Å². The van der Waals surface area contributed by atoms with Crippen LogP contribution in [0.15, 0.2) is 24.3 Å². The second kappa shape index (κ2) is 15.5. The fourth-order valence-electron chi connectivity index (χ4n) is 7.72. The maximum Gasteiger partial charge on any atom is 0.319 e. The van der Waals surface area contributed by atoms with Crippen LogP contribution in [0.25, 0.3) is 0 Å². The van der Waals surface area contributed by atoms with E-state index in [0.29, 0.717) is 44.5 Å². The number of nitrogens with two attached hydrogens (primary N) is 1. The summed E-state index contributed by atoms with van der Waals surface area (Å²) in [6.45, 7) is 9.73. The minimum atomic E-state index is -1.16. The Morgan fingerprint density at radius 2 is 1.74 bits per heavy atom. The molecule has 0 spiro atoms. The third-order valence-electron chi connectivity index (χ3n) is 10.6. The van der Waals surface area contributed by atoms with Gasteiger partial charge in [0.25, 0.3) is 0 Å². The van der Waals surface area contributed by atoms with Crippen molar-refractivity contribution in [3.63, 3.8) is 0 Å². The molecule has 4 fully saturated rings. The highest BCUT2D eigenvalue weighted by Crippen LogP contribution is 2.36. The Morgan fingerprint density at radius 1 is 1.06 bits per heavy atom. The van der Waals surface area contributed by atoms with Crippen LogP contribution in [0.4, 0.5) is 10.5 Å². The van der Waals surface area contributed by atoms with E-state index in [1.807, 2.05) is 29.2 Å². The van der Waals surface area contributed by atoms with Gasteiger partial charge in [-0.05, 0) is 48.3 Å². The molecule has 1 aromatic carbocycles. The van der Waals surface area contributed by atoms with Crippen LogP contribution in [0, 0.1) is 5.92 Å². The monoisotopic (exact) mass is 658 g/mol. The van der Waals surface area contributed by atoms with Crippen LogP contribution < -0.4 is 32.3 Å². The second-order valence-corrected chi connectivity index (χ2v) is 14.9. The van der Waals surface area contributed by atoms with E-state index in [1.165, 1.54) is 44.6 Å². The van der Waals surface area contributed by atoms with Gasteiger partial charge in [-0.15, -0.1) is 0 Å². The zero-order valence-corrected chi connectivity index (χ0v) is 28.6. The van der Waals surface area contributed by atoms with Crippen LogP contribution >= 0.6 is 0 Å². The van der Waals surface area contributed by atoms with E-state index < -0.39 is 30.2 Å². The standard InChI is InChI=1S/C34H58N8O5/c1-22(43)41(18-10-17-36-32(46)40-25-15-13-23(14-16-25)33(2,3)4)19-26-27(44)28(45)31(47-26)42-21-38-29-30(42)37-20-39-34(29,35)24-11-8-6-5-7-9-12-24/h13-16,24,26-31,37-39,44-45H,5-12,17-21,35H2,1-4H3,(H2,36,40,46). The van der Waals surface area contributed by atoms with Gasteiger partial charge in [0.15, 0.2) is 0 Å². The van der Waals surface area contributed by atoms with Crippen molar-refractivity contribution < 1.29 is 24.5 Å². The molecule has 3 aliphatic heterocycles. The van der Waals surface area contributed by atoms with Gasteiger partial charge in [-0.25, -0.2) is 9.69 Å². The molecule has 1 aromatic rings. The molecule has 47 heavy (non-hydrogen) atoms. The van der Waals surface area contributed by atoms with E-state index in [9.17, 15) is 19.8 Å². The third-order valence-corrected chi connectivity index (χ3v) is 10.6. The van der Waals surface area contributed by atoms with E-state index >= 15 is 0 Å². The summed E-state index contributed by atoms with van der Waals surface area (Å²) in [6.07, 6.45) is 4.81. The molecule has 4 aliphatic rings. The minimum Gasteiger partial charge on any atom is -0.387 e. The van der Waals surface area contributed by atoms with Gasteiger partial charge < -0.3 is 36.2 Å². The Hall–Kier alpha value is -2.36. The van der Waals surface area contributed by atoms with Crippen LogP contribution in [0.5, 0.6) is 0 Å². The maximum absolute atomic E-state index is 12.6. The largest absolute Gasteiger partial charge is 0.387 e. The molecule has 13 heteroatoms. The average Bonchev–Trinajstić information content (AvgIpc) is 3.55. The van der Waals surface area contributed by atoms with Crippen LogP contribution in [0.1, 0.15) is 84.6 Å². The predicted octanol–water partition coefficient (Wildman–Crippen LogP) is 1.51. The number of benzene rings is 1. The first-order valence-electron chi connectivity index (χ1n) is 17.6. The fourth-order valence-corrected chi connectivity index (χ4v) is 7.72. The lowest BCUT2D eigenvalue weighted by atomic mass is 9.76. The lowest BCUT2D eigenvalue weighted by Gasteiger charge is -2.50. The lowest BCUT2D eigenvalue weighted by Crippen LogP contribution is -2.78. The number of hydrogen-bond acceptors (Lipinski definition) is 10. The van der Waals surface area contributed by atoms with Crippen molar-refractivity contribution in [2.24, 2.45) is 11.7 Å². The molecule has 7 unspecified atom stereocenters. The summed E-state index contributed by atoms with van der Waals surface area (Å²) in [5.74, 6) is 0.166. The van der Waals surface area contributed by atoms with Crippen LogP contribution in [0.2, 0.25) is 0 Å². The van der Waals surface area contributed by atoms with Crippen molar-refractivity contribution >= 4 is 17.6 Å². The highest BCUT2D eigenvalue weighted by molar-refractivity contribution is 5.89. The average molecular weight is 659 g/mol. The summed E-state index contributed by atoms with van der Waals surface area (Å²) < 4.78 is 6.30. The molecule has 3 heterocycles. The van der Waals surface area contributed by atoms with Crippen molar-refractivity contribution in [3.05, 3.63) is 29.8 Å². The van der Waals surface area contributed by atoms with E-state index in [4.69, 9.17) is 10.5 Å². The predicted molar refractivity (Wildman–Crippen MR) is 181 cm³/mol. The van der Waals surface area contributed by atoms with E-state index in [2.05, 4.69) is 47.4 Å². The van der Waals surface area contributed by atoms with E-state index in [0.717, 1.165) is 12.8 Å². The molecule has 0 aromatic heterocycles. The van der Waals surface area contributed by atoms with E-state index in [1.54, 1.807) is 4.90 Å². The van der Waals surface area contributed by atoms with Gasteiger partial charge in [0.2, 0.25) is 5.91 Å². The SMILES string of the molecule is CC(=O)N(CCCNC(=O)Nc1ccc(C(C)(C)C)cc1)CC1OC(N2CNC3C2NCNC3(N)C2CCCCCCC2)C(O)C1O. The molecule has 3 saturated heterocycles. The van der Waals surface area contributed by atoms with Crippen molar-refractivity contribution in [2.75, 3.05) is 38.3 Å². The van der Waals surface area contributed by atoms with Crippen LogP contribution in [0.3, 0.4) is 0 Å². The Bertz CT molecular complexity index is 1190. The fraction of sp³-hybridized carbons (Fsp3) is 0.765. The molecule has 3 amide bonds. The molecule has 9 N–H and O–H groups in total. The summed E-state index contributed by atoms with van der Waals surface area (Å²) in [5, 5.41) is 38.5. The number of nitrogens with one attached hydrogen (secondary N) is 5. The Morgan fingerprint density at radius 3 is 2.40 bits per heavy atom. The summed E-state index contributed by atoms with van der Waals surface area (Å²) in [6, 6.07) is 7.37. The highest BCUT2D eigenvalue weighted by atomic mass is 16.6. The molecule has 7 atom stereocenters. The number of fused-ring (bicyclic) bond motifs is 1. The van der Waals surface area contributed by atoms with E-state index in [-0.39, 0.29) is 36.1 Å². The Labute approximate surface area is 279 Å². The van der Waals surface area contributed by atoms with Gasteiger partial charge in [-0.1, -0.05) is 65.0 Å². The van der Waals surface area contributed by atoms with Gasteiger partial charge in [0.05, 0.1) is 24.5 Å². The molecule has 1 aliphatic carbocycles. The molecular formula is C34H58N8O5. The number of anilines is 1. The zero-order chi connectivity index (χ0) is 33.8. The normalized spacial score (nSPS) is 32.3. The van der Waals surface area contributed by atoms with Gasteiger partial charge in [-0.2, -0.15) is 0 Å². The molecular weight excluding hydrogens is 600 g/mol. The zero-order valence-electron chi connectivity index (χ0n) is 28.6. The number of rotatable bonds is 9. The number of amides is 3. The minimum absolute atomic E-state index is 0.0333. The molecule has 5 rings (SSSR count). The van der Waals surface area contributed by atoms with Crippen molar-refractivity contribution in [3.8, 4) is 0 Å². The first-order chi connectivity index (χ1) is 22.4. The van der Waals surface area contributed by atoms with Crippen LogP contribution in [-0.2, 0) is 14.9 Å². The smallest absolute Gasteiger partial charge is 0.319 e. The number of aliphatic hydroxyl groups excluding tert-OH is 2. The molecule has 0 bridgehead atoms. The molecule has 1 saturated carbocycles.